The molecule has 3 nitrogen and oxygen atoms in total. The van der Waals surface area contributed by atoms with Crippen LogP contribution in [0.5, 0.6) is 5.75 Å². The molecule has 0 aliphatic heterocycles. The second-order valence-electron chi connectivity index (χ2n) is 5.37. The number of ether oxygens (including phenoxy) is 1. The maximum Gasteiger partial charge on any atom is 0.119 e. The van der Waals surface area contributed by atoms with Gasteiger partial charge in [0.15, 0.2) is 0 Å². The van der Waals surface area contributed by atoms with E-state index in [1.165, 1.54) is 18.4 Å². The molecule has 2 unspecified atom stereocenters. The predicted octanol–water partition coefficient (Wildman–Crippen LogP) is 2.52. The minimum atomic E-state index is -0.173. The van der Waals surface area contributed by atoms with E-state index < -0.39 is 0 Å². The number of methoxy groups -OCH3 is 1. The van der Waals surface area contributed by atoms with Gasteiger partial charge in [0, 0.05) is 6.04 Å². The van der Waals surface area contributed by atoms with E-state index in [4.69, 9.17) is 4.74 Å². The summed E-state index contributed by atoms with van der Waals surface area (Å²) in [6.45, 7) is 0.912. The van der Waals surface area contributed by atoms with Crippen LogP contribution in [0.25, 0.3) is 0 Å². The molecule has 0 radical (unpaired) electrons. The van der Waals surface area contributed by atoms with E-state index in [0.717, 1.165) is 38.0 Å². The molecule has 0 bridgehead atoms. The zero-order valence-electron chi connectivity index (χ0n) is 11.8. The lowest BCUT2D eigenvalue weighted by Crippen LogP contribution is -2.40. The molecule has 0 spiro atoms. The van der Waals surface area contributed by atoms with Crippen LogP contribution in [0.1, 0.15) is 37.7 Å². The zero-order chi connectivity index (χ0) is 13.5. The Hall–Kier alpha value is -1.06. The van der Waals surface area contributed by atoms with Crippen molar-refractivity contribution in [1.82, 2.24) is 5.32 Å². The van der Waals surface area contributed by atoms with E-state index in [0.29, 0.717) is 0 Å². The fourth-order valence-electron chi connectivity index (χ4n) is 2.76. The highest BCUT2D eigenvalue weighted by Gasteiger charge is 2.20. The Morgan fingerprint density at radius 1 is 1.26 bits per heavy atom. The summed E-state index contributed by atoms with van der Waals surface area (Å²) in [5, 5.41) is 13.6. The SMILES string of the molecule is COc1cccc(CCNC2CCCCCC2O)c1. The summed E-state index contributed by atoms with van der Waals surface area (Å²) < 4.78 is 5.22. The maximum absolute atomic E-state index is 10.0. The average Bonchev–Trinajstić information content (AvgIpc) is 2.64. The number of aliphatic hydroxyl groups is 1. The van der Waals surface area contributed by atoms with Crippen molar-refractivity contribution in [2.24, 2.45) is 0 Å². The van der Waals surface area contributed by atoms with Crippen molar-refractivity contribution in [3.63, 3.8) is 0 Å². The Bertz CT molecular complexity index is 381. The molecule has 3 heteroatoms. The first-order valence-corrected chi connectivity index (χ1v) is 7.34. The van der Waals surface area contributed by atoms with Gasteiger partial charge in [-0.05, 0) is 43.5 Å². The number of nitrogens with one attached hydrogen (secondary N) is 1. The quantitative estimate of drug-likeness (QED) is 0.802. The molecule has 0 amide bonds. The number of rotatable bonds is 5. The molecule has 2 rings (SSSR count). The van der Waals surface area contributed by atoms with Crippen LogP contribution < -0.4 is 10.1 Å². The molecule has 0 heterocycles. The van der Waals surface area contributed by atoms with Crippen molar-refractivity contribution in [3.8, 4) is 5.75 Å². The van der Waals surface area contributed by atoms with Gasteiger partial charge >= 0.3 is 0 Å². The van der Waals surface area contributed by atoms with Gasteiger partial charge in [-0.15, -0.1) is 0 Å². The highest BCUT2D eigenvalue weighted by Crippen LogP contribution is 2.18. The molecule has 1 aromatic carbocycles. The van der Waals surface area contributed by atoms with E-state index in [-0.39, 0.29) is 12.1 Å². The Morgan fingerprint density at radius 3 is 2.95 bits per heavy atom. The second kappa shape index (κ2) is 7.51. The topological polar surface area (TPSA) is 41.5 Å². The summed E-state index contributed by atoms with van der Waals surface area (Å²) in [6, 6.07) is 8.45. The van der Waals surface area contributed by atoms with Crippen molar-refractivity contribution in [2.75, 3.05) is 13.7 Å². The fraction of sp³-hybridized carbons (Fsp3) is 0.625. The molecular formula is C16H25NO2. The van der Waals surface area contributed by atoms with Gasteiger partial charge in [0.25, 0.3) is 0 Å². The van der Waals surface area contributed by atoms with Gasteiger partial charge in [-0.1, -0.05) is 31.4 Å². The van der Waals surface area contributed by atoms with Gasteiger partial charge in [-0.25, -0.2) is 0 Å². The zero-order valence-corrected chi connectivity index (χ0v) is 11.8. The third-order valence-electron chi connectivity index (χ3n) is 3.93. The van der Waals surface area contributed by atoms with Crippen LogP contribution in [0, 0.1) is 0 Å². The van der Waals surface area contributed by atoms with Crippen molar-refractivity contribution in [3.05, 3.63) is 29.8 Å². The van der Waals surface area contributed by atoms with E-state index in [2.05, 4.69) is 17.4 Å². The largest absolute Gasteiger partial charge is 0.497 e. The van der Waals surface area contributed by atoms with E-state index >= 15 is 0 Å². The third kappa shape index (κ3) is 4.51. The molecule has 1 fully saturated rings. The first-order chi connectivity index (χ1) is 9.29. The van der Waals surface area contributed by atoms with E-state index in [1.807, 2.05) is 12.1 Å². The second-order valence-corrected chi connectivity index (χ2v) is 5.37. The summed E-state index contributed by atoms with van der Waals surface area (Å²) >= 11 is 0. The molecule has 0 saturated heterocycles. The minimum absolute atomic E-state index is 0.173. The molecule has 1 aliphatic carbocycles. The van der Waals surface area contributed by atoms with Crippen LogP contribution in [0.4, 0.5) is 0 Å². The van der Waals surface area contributed by atoms with Crippen molar-refractivity contribution >= 4 is 0 Å². The van der Waals surface area contributed by atoms with Crippen LogP contribution in [0.2, 0.25) is 0 Å². The van der Waals surface area contributed by atoms with Gasteiger partial charge in [0.05, 0.1) is 13.2 Å². The number of aliphatic hydroxyl groups excluding tert-OH is 1. The van der Waals surface area contributed by atoms with Crippen molar-refractivity contribution in [1.29, 1.82) is 0 Å². The molecule has 1 aromatic rings. The molecule has 0 aromatic heterocycles. The summed E-state index contributed by atoms with van der Waals surface area (Å²) in [4.78, 5) is 0. The summed E-state index contributed by atoms with van der Waals surface area (Å²) in [5.41, 5.74) is 1.27. The maximum atomic E-state index is 10.0. The number of hydrogen-bond donors (Lipinski definition) is 2. The Kier molecular flexibility index (Phi) is 5.67. The van der Waals surface area contributed by atoms with Crippen LogP contribution in [-0.2, 0) is 6.42 Å². The Morgan fingerprint density at radius 2 is 2.11 bits per heavy atom. The first kappa shape index (κ1) is 14.4. The lowest BCUT2D eigenvalue weighted by atomic mass is 10.1. The monoisotopic (exact) mass is 263 g/mol. The van der Waals surface area contributed by atoms with Gasteiger partial charge in [-0.3, -0.25) is 0 Å². The van der Waals surface area contributed by atoms with Crippen LogP contribution >= 0.6 is 0 Å². The Labute approximate surface area is 116 Å². The van der Waals surface area contributed by atoms with E-state index in [9.17, 15) is 5.11 Å². The molecule has 2 N–H and O–H groups in total. The van der Waals surface area contributed by atoms with E-state index in [1.54, 1.807) is 7.11 Å². The normalized spacial score (nSPS) is 23.9. The molecular weight excluding hydrogens is 238 g/mol. The fourth-order valence-corrected chi connectivity index (χ4v) is 2.76. The lowest BCUT2D eigenvalue weighted by Gasteiger charge is -2.21. The standard InChI is InChI=1S/C16H25NO2/c1-19-14-7-5-6-13(12-14)10-11-17-15-8-3-2-4-9-16(15)18/h5-7,12,15-18H,2-4,8-11H2,1H3. The summed E-state index contributed by atoms with van der Waals surface area (Å²) in [7, 11) is 1.69. The summed E-state index contributed by atoms with van der Waals surface area (Å²) in [6.07, 6.45) is 6.48. The van der Waals surface area contributed by atoms with Gasteiger partial charge in [0.2, 0.25) is 0 Å². The van der Waals surface area contributed by atoms with Crippen molar-refractivity contribution < 1.29 is 9.84 Å². The average molecular weight is 263 g/mol. The predicted molar refractivity (Wildman–Crippen MR) is 77.6 cm³/mol. The smallest absolute Gasteiger partial charge is 0.119 e. The van der Waals surface area contributed by atoms with Crippen LogP contribution in [0.15, 0.2) is 24.3 Å². The number of hydrogen-bond acceptors (Lipinski definition) is 3. The lowest BCUT2D eigenvalue weighted by molar-refractivity contribution is 0.120. The first-order valence-electron chi connectivity index (χ1n) is 7.34. The highest BCUT2D eigenvalue weighted by molar-refractivity contribution is 5.28. The summed E-state index contributed by atoms with van der Waals surface area (Å²) in [5.74, 6) is 0.909. The highest BCUT2D eigenvalue weighted by atomic mass is 16.5. The van der Waals surface area contributed by atoms with Crippen molar-refractivity contribution in [2.45, 2.75) is 50.7 Å². The Balaban J connectivity index is 1.78. The third-order valence-corrected chi connectivity index (χ3v) is 3.93. The molecule has 1 aliphatic rings. The molecule has 106 valence electrons. The molecule has 19 heavy (non-hydrogen) atoms. The minimum Gasteiger partial charge on any atom is -0.497 e. The van der Waals surface area contributed by atoms with Crippen LogP contribution in [-0.4, -0.2) is 30.9 Å². The molecule has 2 atom stereocenters. The molecule has 1 saturated carbocycles. The van der Waals surface area contributed by atoms with Gasteiger partial charge in [0.1, 0.15) is 5.75 Å². The van der Waals surface area contributed by atoms with Gasteiger partial charge in [-0.2, -0.15) is 0 Å². The van der Waals surface area contributed by atoms with Crippen LogP contribution in [0.3, 0.4) is 0 Å². The number of benzene rings is 1. The van der Waals surface area contributed by atoms with Gasteiger partial charge < -0.3 is 15.2 Å².